The number of hydrogen-bond donors (Lipinski definition) is 1. The predicted octanol–water partition coefficient (Wildman–Crippen LogP) is 1.21. The Bertz CT molecular complexity index is 591. The van der Waals surface area contributed by atoms with Gasteiger partial charge in [0.1, 0.15) is 5.82 Å². The largest absolute Gasteiger partial charge is 0.388 e. The lowest BCUT2D eigenvalue weighted by Gasteiger charge is -2.35. The molecule has 1 aromatic heterocycles. The number of hydrogen-bond acceptors (Lipinski definition) is 5. The Kier molecular flexibility index (Phi) is 4.78. The first-order valence-corrected chi connectivity index (χ1v) is 8.79. The number of piperazine rings is 1. The van der Waals surface area contributed by atoms with Gasteiger partial charge < -0.3 is 19.8 Å². The standard InChI is InChI=1S/C18H28N4O2/c1-18(2,24)15-5-4-8-22(15)17(23)14-6-7-19-16(13-14)21-11-9-20(3)10-12-21/h6-7,13,15,24H,4-5,8-12H2,1-3H3. The third-order valence-electron chi connectivity index (χ3n) is 5.15. The van der Waals surface area contributed by atoms with E-state index in [1.807, 2.05) is 11.0 Å². The van der Waals surface area contributed by atoms with Crippen LogP contribution in [0.1, 0.15) is 37.0 Å². The van der Waals surface area contributed by atoms with Crippen LogP contribution < -0.4 is 4.90 Å². The molecule has 24 heavy (non-hydrogen) atoms. The molecule has 0 aromatic carbocycles. The summed E-state index contributed by atoms with van der Waals surface area (Å²) in [4.78, 5) is 23.8. The molecule has 132 valence electrons. The molecule has 1 aromatic rings. The van der Waals surface area contributed by atoms with Crippen molar-refractivity contribution in [2.24, 2.45) is 0 Å². The van der Waals surface area contributed by atoms with E-state index in [-0.39, 0.29) is 11.9 Å². The number of likely N-dealkylation sites (tertiary alicyclic amines) is 1. The van der Waals surface area contributed by atoms with E-state index in [2.05, 4.69) is 21.8 Å². The van der Waals surface area contributed by atoms with Crippen molar-refractivity contribution in [2.45, 2.75) is 38.3 Å². The Labute approximate surface area is 144 Å². The molecule has 1 unspecified atom stereocenters. The second kappa shape index (κ2) is 6.69. The zero-order valence-electron chi connectivity index (χ0n) is 14.9. The fraction of sp³-hybridized carbons (Fsp3) is 0.667. The number of pyridine rings is 1. The first-order valence-electron chi connectivity index (χ1n) is 8.79. The number of rotatable bonds is 3. The zero-order chi connectivity index (χ0) is 17.3. The van der Waals surface area contributed by atoms with Gasteiger partial charge in [-0.05, 0) is 45.9 Å². The van der Waals surface area contributed by atoms with Gasteiger partial charge in [-0.1, -0.05) is 0 Å². The number of carbonyl (C=O) groups excluding carboxylic acids is 1. The van der Waals surface area contributed by atoms with Gasteiger partial charge in [0.25, 0.3) is 5.91 Å². The Hall–Kier alpha value is -1.66. The van der Waals surface area contributed by atoms with Gasteiger partial charge in [-0.3, -0.25) is 4.79 Å². The summed E-state index contributed by atoms with van der Waals surface area (Å²) >= 11 is 0. The maximum atomic E-state index is 13.0. The molecule has 1 amide bonds. The SMILES string of the molecule is CN1CCN(c2cc(C(=O)N3CCCC3C(C)(C)O)ccn2)CC1. The number of anilines is 1. The van der Waals surface area contributed by atoms with Crippen LogP contribution in [0.4, 0.5) is 5.82 Å². The van der Waals surface area contributed by atoms with Crippen molar-refractivity contribution >= 4 is 11.7 Å². The van der Waals surface area contributed by atoms with Crippen molar-refractivity contribution in [3.8, 4) is 0 Å². The molecule has 2 fully saturated rings. The van der Waals surface area contributed by atoms with Crippen molar-refractivity contribution in [3.63, 3.8) is 0 Å². The summed E-state index contributed by atoms with van der Waals surface area (Å²) in [5.74, 6) is 0.866. The lowest BCUT2D eigenvalue weighted by molar-refractivity contribution is 0.000334. The minimum atomic E-state index is -0.876. The van der Waals surface area contributed by atoms with E-state index in [1.54, 1.807) is 26.1 Å². The fourth-order valence-electron chi connectivity index (χ4n) is 3.67. The second-order valence-electron chi connectivity index (χ2n) is 7.50. The van der Waals surface area contributed by atoms with Crippen LogP contribution in [0.5, 0.6) is 0 Å². The van der Waals surface area contributed by atoms with Gasteiger partial charge in [0, 0.05) is 44.5 Å². The van der Waals surface area contributed by atoms with E-state index in [0.717, 1.165) is 44.8 Å². The van der Waals surface area contributed by atoms with E-state index in [4.69, 9.17) is 0 Å². The number of aromatic nitrogens is 1. The van der Waals surface area contributed by atoms with E-state index in [0.29, 0.717) is 12.1 Å². The number of nitrogens with zero attached hydrogens (tertiary/aromatic N) is 4. The number of likely N-dealkylation sites (N-methyl/N-ethyl adjacent to an activating group) is 1. The van der Waals surface area contributed by atoms with Crippen molar-refractivity contribution in [1.82, 2.24) is 14.8 Å². The minimum Gasteiger partial charge on any atom is -0.388 e. The molecule has 2 aliphatic heterocycles. The highest BCUT2D eigenvalue weighted by Gasteiger charge is 2.38. The Balaban J connectivity index is 1.77. The molecule has 2 aliphatic rings. The molecule has 2 saturated heterocycles. The molecule has 3 rings (SSSR count). The summed E-state index contributed by atoms with van der Waals surface area (Å²) < 4.78 is 0. The number of amides is 1. The molecule has 6 heteroatoms. The molecular weight excluding hydrogens is 304 g/mol. The first-order chi connectivity index (χ1) is 11.4. The maximum absolute atomic E-state index is 13.0. The van der Waals surface area contributed by atoms with E-state index in [1.165, 1.54) is 0 Å². The highest BCUT2D eigenvalue weighted by atomic mass is 16.3. The molecule has 0 saturated carbocycles. The molecule has 6 nitrogen and oxygen atoms in total. The molecule has 0 bridgehead atoms. The summed E-state index contributed by atoms with van der Waals surface area (Å²) in [7, 11) is 2.12. The van der Waals surface area contributed by atoms with Gasteiger partial charge in [-0.15, -0.1) is 0 Å². The average molecular weight is 332 g/mol. The van der Waals surface area contributed by atoms with Crippen molar-refractivity contribution < 1.29 is 9.90 Å². The van der Waals surface area contributed by atoms with Crippen LogP contribution in [-0.2, 0) is 0 Å². The van der Waals surface area contributed by atoms with Gasteiger partial charge in [-0.25, -0.2) is 4.98 Å². The van der Waals surface area contributed by atoms with Crippen molar-refractivity contribution in [3.05, 3.63) is 23.9 Å². The third-order valence-corrected chi connectivity index (χ3v) is 5.15. The van der Waals surface area contributed by atoms with Gasteiger partial charge in [-0.2, -0.15) is 0 Å². The van der Waals surface area contributed by atoms with Crippen molar-refractivity contribution in [1.29, 1.82) is 0 Å². The summed E-state index contributed by atoms with van der Waals surface area (Å²) in [5, 5.41) is 10.3. The van der Waals surface area contributed by atoms with Crippen LogP contribution in [-0.4, -0.2) is 77.2 Å². The van der Waals surface area contributed by atoms with Crippen LogP contribution in [0, 0.1) is 0 Å². The van der Waals surface area contributed by atoms with E-state index >= 15 is 0 Å². The van der Waals surface area contributed by atoms with Crippen LogP contribution in [0.15, 0.2) is 18.3 Å². The topological polar surface area (TPSA) is 59.9 Å². The summed E-state index contributed by atoms with van der Waals surface area (Å²) in [5.41, 5.74) is -0.213. The molecule has 0 aliphatic carbocycles. The summed E-state index contributed by atoms with van der Waals surface area (Å²) in [6.07, 6.45) is 3.51. The Morgan fingerprint density at radius 1 is 1.25 bits per heavy atom. The highest BCUT2D eigenvalue weighted by molar-refractivity contribution is 5.95. The Morgan fingerprint density at radius 2 is 1.96 bits per heavy atom. The van der Waals surface area contributed by atoms with Crippen LogP contribution in [0.3, 0.4) is 0 Å². The second-order valence-corrected chi connectivity index (χ2v) is 7.50. The van der Waals surface area contributed by atoms with Gasteiger partial charge >= 0.3 is 0 Å². The average Bonchev–Trinajstić information content (AvgIpc) is 3.05. The predicted molar refractivity (Wildman–Crippen MR) is 94.3 cm³/mol. The molecule has 1 atom stereocenters. The third kappa shape index (κ3) is 3.54. The maximum Gasteiger partial charge on any atom is 0.254 e. The highest BCUT2D eigenvalue weighted by Crippen LogP contribution is 2.28. The molecule has 1 N–H and O–H groups in total. The molecular formula is C18H28N4O2. The lowest BCUT2D eigenvalue weighted by atomic mass is 9.96. The summed E-state index contributed by atoms with van der Waals surface area (Å²) in [6, 6.07) is 3.56. The van der Waals surface area contributed by atoms with Crippen LogP contribution in [0.2, 0.25) is 0 Å². The fourth-order valence-corrected chi connectivity index (χ4v) is 3.67. The molecule has 3 heterocycles. The number of carbonyl (C=O) groups is 1. The van der Waals surface area contributed by atoms with E-state index in [9.17, 15) is 9.90 Å². The van der Waals surface area contributed by atoms with Crippen molar-refractivity contribution in [2.75, 3.05) is 44.7 Å². The molecule has 0 radical (unpaired) electrons. The van der Waals surface area contributed by atoms with Crippen LogP contribution in [0.25, 0.3) is 0 Å². The van der Waals surface area contributed by atoms with Crippen LogP contribution >= 0.6 is 0 Å². The first kappa shape index (κ1) is 17.2. The zero-order valence-corrected chi connectivity index (χ0v) is 14.9. The van der Waals surface area contributed by atoms with Gasteiger partial charge in [0.2, 0.25) is 0 Å². The Morgan fingerprint density at radius 3 is 2.62 bits per heavy atom. The van der Waals surface area contributed by atoms with Gasteiger partial charge in [0.15, 0.2) is 0 Å². The van der Waals surface area contributed by atoms with E-state index < -0.39 is 5.60 Å². The summed E-state index contributed by atoms with van der Waals surface area (Å²) in [6.45, 7) is 8.14. The number of aliphatic hydroxyl groups is 1. The minimum absolute atomic E-state index is 0.00241. The van der Waals surface area contributed by atoms with Gasteiger partial charge in [0.05, 0.1) is 11.6 Å². The molecule has 0 spiro atoms. The quantitative estimate of drug-likeness (QED) is 0.901. The normalized spacial score (nSPS) is 22.9. The lowest BCUT2D eigenvalue weighted by Crippen LogP contribution is -2.48. The smallest absolute Gasteiger partial charge is 0.254 e. The monoisotopic (exact) mass is 332 g/mol.